The highest BCUT2D eigenvalue weighted by atomic mass is 19.4. The van der Waals surface area contributed by atoms with E-state index >= 15 is 0 Å². The Kier molecular flexibility index (Phi) is 5.62. The van der Waals surface area contributed by atoms with Crippen molar-refractivity contribution in [3.05, 3.63) is 71.2 Å². The van der Waals surface area contributed by atoms with E-state index in [9.17, 15) is 26.7 Å². The van der Waals surface area contributed by atoms with Crippen LogP contribution >= 0.6 is 0 Å². The number of nitrogens with zero attached hydrogens (tertiary/aromatic N) is 5. The molecule has 1 aromatic carbocycles. The van der Waals surface area contributed by atoms with Gasteiger partial charge < -0.3 is 5.32 Å². The Hall–Kier alpha value is -3.83. The molecule has 1 aliphatic rings. The van der Waals surface area contributed by atoms with E-state index in [2.05, 4.69) is 20.5 Å². The summed E-state index contributed by atoms with van der Waals surface area (Å²) in [7, 11) is 1.42. The van der Waals surface area contributed by atoms with Crippen LogP contribution in [0.2, 0.25) is 0 Å². The number of nitrogens with one attached hydrogen (secondary N) is 1. The van der Waals surface area contributed by atoms with Crippen molar-refractivity contribution >= 4 is 17.3 Å². The monoisotopic (exact) mass is 478 g/mol. The van der Waals surface area contributed by atoms with Crippen LogP contribution in [0.15, 0.2) is 47.7 Å². The van der Waals surface area contributed by atoms with E-state index < -0.39 is 28.9 Å². The van der Waals surface area contributed by atoms with Gasteiger partial charge in [0.1, 0.15) is 23.0 Å². The summed E-state index contributed by atoms with van der Waals surface area (Å²) >= 11 is 0. The third kappa shape index (κ3) is 4.11. The van der Waals surface area contributed by atoms with Gasteiger partial charge in [-0.2, -0.15) is 23.4 Å². The average Bonchev–Trinajstić information content (AvgIpc) is 3.29. The summed E-state index contributed by atoms with van der Waals surface area (Å²) in [5, 5.41) is 12.0. The molecule has 12 heteroatoms. The minimum Gasteiger partial charge on any atom is -0.379 e. The SMILES string of the molecule is CN1N=C(c2cc(C(F)(F)F)n(-c3ccc(NCc4c(F)cccc4F)cn3)n2)C(C)(C)C1=O. The number of alkyl halides is 3. The Bertz CT molecular complexity index is 1260. The van der Waals surface area contributed by atoms with Crippen molar-refractivity contribution < 1.29 is 26.7 Å². The minimum absolute atomic E-state index is 0.103. The number of rotatable bonds is 5. The highest BCUT2D eigenvalue weighted by Crippen LogP contribution is 2.35. The predicted octanol–water partition coefficient (Wildman–Crippen LogP) is 4.38. The predicted molar refractivity (Wildman–Crippen MR) is 113 cm³/mol. The Labute approximate surface area is 190 Å². The van der Waals surface area contributed by atoms with Gasteiger partial charge >= 0.3 is 6.18 Å². The molecule has 3 aromatic rings. The number of hydrogen-bond acceptors (Lipinski definition) is 5. The van der Waals surface area contributed by atoms with Gasteiger partial charge in [-0.1, -0.05) is 6.07 Å². The summed E-state index contributed by atoms with van der Waals surface area (Å²) in [6, 6.07) is 7.00. The Morgan fingerprint density at radius 1 is 1.09 bits per heavy atom. The lowest BCUT2D eigenvalue weighted by Gasteiger charge is -2.16. The van der Waals surface area contributed by atoms with E-state index in [1.165, 1.54) is 31.4 Å². The number of carbonyl (C=O) groups excluding carboxylic acids is 1. The van der Waals surface area contributed by atoms with Gasteiger partial charge in [0.15, 0.2) is 11.5 Å². The van der Waals surface area contributed by atoms with Crippen molar-refractivity contribution in [2.24, 2.45) is 10.5 Å². The van der Waals surface area contributed by atoms with E-state index in [0.29, 0.717) is 10.4 Å². The Morgan fingerprint density at radius 3 is 2.29 bits per heavy atom. The largest absolute Gasteiger partial charge is 0.433 e. The normalized spacial score (nSPS) is 15.6. The molecule has 7 nitrogen and oxygen atoms in total. The fraction of sp³-hybridized carbons (Fsp3) is 0.273. The summed E-state index contributed by atoms with van der Waals surface area (Å²) in [5.74, 6) is -1.96. The van der Waals surface area contributed by atoms with Crippen LogP contribution in [0.4, 0.5) is 27.6 Å². The summed E-state index contributed by atoms with van der Waals surface area (Å²) in [5.41, 5.74) is -2.09. The van der Waals surface area contributed by atoms with E-state index in [4.69, 9.17) is 0 Å². The molecule has 0 aliphatic carbocycles. The molecule has 0 saturated heterocycles. The van der Waals surface area contributed by atoms with Crippen molar-refractivity contribution in [1.29, 1.82) is 0 Å². The number of halogens is 5. The molecule has 1 amide bonds. The van der Waals surface area contributed by atoms with Gasteiger partial charge in [0, 0.05) is 19.2 Å². The van der Waals surface area contributed by atoms with Crippen molar-refractivity contribution in [2.75, 3.05) is 12.4 Å². The van der Waals surface area contributed by atoms with Crippen molar-refractivity contribution in [1.82, 2.24) is 19.8 Å². The second-order valence-corrected chi connectivity index (χ2v) is 8.19. The number of hydrazone groups is 1. The molecule has 0 fully saturated rings. The van der Waals surface area contributed by atoms with Crippen LogP contribution < -0.4 is 5.32 Å². The maximum atomic E-state index is 13.8. The maximum absolute atomic E-state index is 13.8. The molecule has 0 unspecified atom stereocenters. The van der Waals surface area contributed by atoms with Gasteiger partial charge in [0.25, 0.3) is 5.91 Å². The zero-order valence-electron chi connectivity index (χ0n) is 18.3. The Balaban J connectivity index is 1.64. The van der Waals surface area contributed by atoms with Gasteiger partial charge in [0.05, 0.1) is 17.3 Å². The van der Waals surface area contributed by atoms with Gasteiger partial charge in [0.2, 0.25) is 0 Å². The Morgan fingerprint density at radius 2 is 1.76 bits per heavy atom. The first-order chi connectivity index (χ1) is 15.9. The zero-order valence-corrected chi connectivity index (χ0v) is 18.3. The van der Waals surface area contributed by atoms with Crippen molar-refractivity contribution in [3.8, 4) is 5.82 Å². The van der Waals surface area contributed by atoms with Crippen LogP contribution in [0.5, 0.6) is 0 Å². The molecule has 2 aromatic heterocycles. The molecule has 3 heterocycles. The molecule has 0 atom stereocenters. The van der Waals surface area contributed by atoms with Gasteiger partial charge in [-0.25, -0.2) is 23.5 Å². The third-order valence-electron chi connectivity index (χ3n) is 5.41. The quantitative estimate of drug-likeness (QED) is 0.553. The number of pyridine rings is 1. The first kappa shape index (κ1) is 23.3. The van der Waals surface area contributed by atoms with Crippen molar-refractivity contribution in [2.45, 2.75) is 26.6 Å². The van der Waals surface area contributed by atoms with Crippen LogP contribution in [-0.4, -0.2) is 38.4 Å². The standard InChI is InChI=1S/C22H19F5N6O/c1-21(2)19(31-32(3)20(21)34)16-9-17(22(25,26)27)33(30-16)18-8-7-12(10-29-18)28-11-13-14(23)5-4-6-15(13)24/h4-10,28H,11H2,1-3H3. The highest BCUT2D eigenvalue weighted by molar-refractivity contribution is 6.18. The van der Waals surface area contributed by atoms with Crippen LogP contribution in [0.3, 0.4) is 0 Å². The highest BCUT2D eigenvalue weighted by Gasteiger charge is 2.45. The number of hydrogen-bond donors (Lipinski definition) is 1. The molecular weight excluding hydrogens is 459 g/mol. The number of anilines is 1. The van der Waals surface area contributed by atoms with E-state index in [1.807, 2.05) is 0 Å². The molecule has 0 spiro atoms. The second-order valence-electron chi connectivity index (χ2n) is 8.19. The molecule has 1 N–H and O–H groups in total. The molecule has 0 saturated carbocycles. The lowest BCUT2D eigenvalue weighted by atomic mass is 9.85. The van der Waals surface area contributed by atoms with Gasteiger partial charge in [-0.15, -0.1) is 0 Å². The smallest absolute Gasteiger partial charge is 0.379 e. The molecule has 4 rings (SSSR count). The van der Waals surface area contributed by atoms with Crippen LogP contribution in [0.25, 0.3) is 5.82 Å². The van der Waals surface area contributed by atoms with E-state index in [0.717, 1.165) is 23.2 Å². The first-order valence-electron chi connectivity index (χ1n) is 10.1. The average molecular weight is 478 g/mol. The first-order valence-corrected chi connectivity index (χ1v) is 10.1. The summed E-state index contributed by atoms with van der Waals surface area (Å²) in [6.45, 7) is 2.93. The summed E-state index contributed by atoms with van der Waals surface area (Å²) < 4.78 is 69.4. The fourth-order valence-electron chi connectivity index (χ4n) is 3.58. The minimum atomic E-state index is -4.76. The molecule has 178 valence electrons. The number of amides is 1. The lowest BCUT2D eigenvalue weighted by Crippen LogP contribution is -2.33. The van der Waals surface area contributed by atoms with Crippen LogP contribution in [-0.2, 0) is 17.5 Å². The molecule has 0 bridgehead atoms. The van der Waals surface area contributed by atoms with Crippen LogP contribution in [0, 0.1) is 17.0 Å². The van der Waals surface area contributed by atoms with Gasteiger partial charge in [-0.05, 0) is 44.2 Å². The molecule has 1 aliphatic heterocycles. The maximum Gasteiger partial charge on any atom is 0.433 e. The molecule has 34 heavy (non-hydrogen) atoms. The zero-order chi connectivity index (χ0) is 24.8. The second kappa shape index (κ2) is 8.19. The van der Waals surface area contributed by atoms with Crippen LogP contribution in [0.1, 0.15) is 30.8 Å². The third-order valence-corrected chi connectivity index (χ3v) is 5.41. The van der Waals surface area contributed by atoms with Crippen molar-refractivity contribution in [3.63, 3.8) is 0 Å². The van der Waals surface area contributed by atoms with E-state index in [1.54, 1.807) is 13.8 Å². The van der Waals surface area contributed by atoms with E-state index in [-0.39, 0.29) is 35.2 Å². The molecule has 0 radical (unpaired) electrons. The summed E-state index contributed by atoms with van der Waals surface area (Å²) in [6.07, 6.45) is -3.53. The number of aromatic nitrogens is 3. The summed E-state index contributed by atoms with van der Waals surface area (Å²) in [4.78, 5) is 16.3. The topological polar surface area (TPSA) is 75.4 Å². The number of benzene rings is 1. The fourth-order valence-corrected chi connectivity index (χ4v) is 3.58. The van der Waals surface area contributed by atoms with Gasteiger partial charge in [-0.3, -0.25) is 4.79 Å². The molecular formula is C22H19F5N6O. The lowest BCUT2D eigenvalue weighted by molar-refractivity contribution is -0.142. The number of carbonyl (C=O) groups is 1.